The summed E-state index contributed by atoms with van der Waals surface area (Å²) in [4.78, 5) is 2.67. The molecular formula is C21H32N2O2. The van der Waals surface area contributed by atoms with E-state index in [-0.39, 0.29) is 5.41 Å². The lowest BCUT2D eigenvalue weighted by Gasteiger charge is -2.41. The van der Waals surface area contributed by atoms with Crippen LogP contribution in [-0.2, 0) is 10.2 Å². The first-order chi connectivity index (χ1) is 12.3. The summed E-state index contributed by atoms with van der Waals surface area (Å²) in [5.74, 6) is 1.00. The molecule has 2 aliphatic heterocycles. The lowest BCUT2D eigenvalue weighted by atomic mass is 9.74. The monoisotopic (exact) mass is 344 g/mol. The molecule has 4 heteroatoms. The normalized spacial score (nSPS) is 25.5. The fraction of sp³-hybridized carbons (Fsp3) is 0.714. The molecule has 25 heavy (non-hydrogen) atoms. The molecule has 0 amide bonds. The van der Waals surface area contributed by atoms with Gasteiger partial charge in [-0.15, -0.1) is 0 Å². The molecule has 0 radical (unpaired) electrons. The molecular weight excluding hydrogens is 312 g/mol. The molecule has 0 aromatic heterocycles. The molecule has 0 bridgehead atoms. The largest absolute Gasteiger partial charge is 0.490 e. The Labute approximate surface area is 151 Å². The molecule has 1 aromatic carbocycles. The van der Waals surface area contributed by atoms with Gasteiger partial charge in [-0.1, -0.05) is 18.6 Å². The molecule has 138 valence electrons. The van der Waals surface area contributed by atoms with Gasteiger partial charge in [0.15, 0.2) is 0 Å². The SMILES string of the molecule is NCC1(c2ccc(OC3CCN(C4CCC4)CC3)cc2)CCOCC1. The van der Waals surface area contributed by atoms with Crippen molar-refractivity contribution in [2.45, 2.75) is 62.5 Å². The second-order valence-corrected chi connectivity index (χ2v) is 8.06. The van der Waals surface area contributed by atoms with Crippen LogP contribution in [0.1, 0.15) is 50.5 Å². The lowest BCUT2D eigenvalue weighted by Crippen LogP contribution is -2.46. The Kier molecular flexibility index (Phi) is 5.30. The second-order valence-electron chi connectivity index (χ2n) is 8.06. The summed E-state index contributed by atoms with van der Waals surface area (Å²) in [6.45, 7) is 4.72. The number of benzene rings is 1. The van der Waals surface area contributed by atoms with Crippen molar-refractivity contribution in [3.05, 3.63) is 29.8 Å². The van der Waals surface area contributed by atoms with Gasteiger partial charge in [-0.3, -0.25) is 0 Å². The average molecular weight is 344 g/mol. The molecule has 4 nitrogen and oxygen atoms in total. The van der Waals surface area contributed by atoms with Crippen LogP contribution in [0.3, 0.4) is 0 Å². The smallest absolute Gasteiger partial charge is 0.119 e. The van der Waals surface area contributed by atoms with E-state index in [2.05, 4.69) is 29.2 Å². The molecule has 1 aliphatic carbocycles. The summed E-state index contributed by atoms with van der Waals surface area (Å²) in [5.41, 5.74) is 7.55. The minimum Gasteiger partial charge on any atom is -0.490 e. The average Bonchev–Trinajstić information content (AvgIpc) is 2.63. The van der Waals surface area contributed by atoms with E-state index in [9.17, 15) is 0 Å². The number of piperidine rings is 1. The summed E-state index contributed by atoms with van der Waals surface area (Å²) in [6.07, 6.45) is 8.94. The summed E-state index contributed by atoms with van der Waals surface area (Å²) in [6, 6.07) is 9.59. The van der Waals surface area contributed by atoms with Crippen LogP contribution in [0.15, 0.2) is 24.3 Å². The first-order valence-corrected chi connectivity index (χ1v) is 10.1. The van der Waals surface area contributed by atoms with Crippen molar-refractivity contribution in [2.24, 2.45) is 5.73 Å². The van der Waals surface area contributed by atoms with Crippen molar-refractivity contribution in [1.29, 1.82) is 0 Å². The Morgan fingerprint density at radius 2 is 1.72 bits per heavy atom. The zero-order valence-electron chi connectivity index (χ0n) is 15.3. The predicted molar refractivity (Wildman–Crippen MR) is 100 cm³/mol. The lowest BCUT2D eigenvalue weighted by molar-refractivity contribution is 0.0490. The van der Waals surface area contributed by atoms with Gasteiger partial charge in [0.05, 0.1) is 0 Å². The van der Waals surface area contributed by atoms with E-state index in [1.165, 1.54) is 37.9 Å². The number of rotatable bonds is 5. The maximum absolute atomic E-state index is 6.26. The van der Waals surface area contributed by atoms with Crippen LogP contribution < -0.4 is 10.5 Å². The first-order valence-electron chi connectivity index (χ1n) is 10.1. The van der Waals surface area contributed by atoms with Crippen molar-refractivity contribution in [3.63, 3.8) is 0 Å². The molecule has 4 rings (SSSR count). The van der Waals surface area contributed by atoms with Crippen molar-refractivity contribution >= 4 is 0 Å². The van der Waals surface area contributed by atoms with E-state index < -0.39 is 0 Å². The summed E-state index contributed by atoms with van der Waals surface area (Å²) in [5, 5.41) is 0. The molecule has 1 saturated carbocycles. The van der Waals surface area contributed by atoms with Crippen molar-refractivity contribution in [2.75, 3.05) is 32.8 Å². The Hall–Kier alpha value is -1.10. The van der Waals surface area contributed by atoms with E-state index in [0.29, 0.717) is 12.6 Å². The minimum atomic E-state index is 0.0882. The Balaban J connectivity index is 1.33. The van der Waals surface area contributed by atoms with E-state index in [1.807, 2.05) is 0 Å². The van der Waals surface area contributed by atoms with E-state index >= 15 is 0 Å². The standard InChI is InChI=1S/C21H32N2O2/c22-16-21(10-14-24-15-11-21)17-4-6-19(7-5-17)25-20-8-12-23(13-9-20)18-2-1-3-18/h4-7,18,20H,1-3,8-16,22H2. The van der Waals surface area contributed by atoms with E-state index in [0.717, 1.165) is 50.7 Å². The van der Waals surface area contributed by atoms with Gasteiger partial charge in [0.25, 0.3) is 0 Å². The molecule has 3 fully saturated rings. The molecule has 0 spiro atoms. The Morgan fingerprint density at radius 1 is 1.04 bits per heavy atom. The first kappa shape index (κ1) is 17.3. The van der Waals surface area contributed by atoms with Gasteiger partial charge in [0.2, 0.25) is 0 Å². The van der Waals surface area contributed by atoms with Crippen molar-refractivity contribution in [3.8, 4) is 5.75 Å². The van der Waals surface area contributed by atoms with Gasteiger partial charge >= 0.3 is 0 Å². The topological polar surface area (TPSA) is 47.7 Å². The summed E-state index contributed by atoms with van der Waals surface area (Å²) < 4.78 is 11.8. The van der Waals surface area contributed by atoms with Gasteiger partial charge in [-0.25, -0.2) is 0 Å². The van der Waals surface area contributed by atoms with E-state index in [1.54, 1.807) is 0 Å². The number of nitrogens with two attached hydrogens (primary N) is 1. The van der Waals surface area contributed by atoms with Gasteiger partial charge in [0, 0.05) is 44.3 Å². The third-order valence-electron chi connectivity index (χ3n) is 6.68. The zero-order valence-corrected chi connectivity index (χ0v) is 15.3. The van der Waals surface area contributed by atoms with Crippen LogP contribution >= 0.6 is 0 Å². The number of likely N-dealkylation sites (tertiary alicyclic amines) is 1. The van der Waals surface area contributed by atoms with Crippen molar-refractivity contribution < 1.29 is 9.47 Å². The Bertz CT molecular complexity index is 542. The highest BCUT2D eigenvalue weighted by Crippen LogP contribution is 2.35. The van der Waals surface area contributed by atoms with Crippen LogP contribution in [0.5, 0.6) is 5.75 Å². The molecule has 2 N–H and O–H groups in total. The minimum absolute atomic E-state index is 0.0882. The molecule has 0 atom stereocenters. The zero-order chi connectivity index (χ0) is 17.1. The molecule has 2 heterocycles. The van der Waals surface area contributed by atoms with Gasteiger partial charge in [-0.2, -0.15) is 0 Å². The molecule has 3 aliphatic rings. The number of ether oxygens (including phenoxy) is 2. The quantitative estimate of drug-likeness (QED) is 0.892. The predicted octanol–water partition coefficient (Wildman–Crippen LogP) is 3.09. The summed E-state index contributed by atoms with van der Waals surface area (Å²) in [7, 11) is 0. The third-order valence-corrected chi connectivity index (χ3v) is 6.68. The van der Waals surface area contributed by atoms with Gasteiger partial charge in [-0.05, 0) is 56.2 Å². The van der Waals surface area contributed by atoms with Gasteiger partial charge in [0.1, 0.15) is 11.9 Å². The van der Waals surface area contributed by atoms with Crippen LogP contribution in [0.25, 0.3) is 0 Å². The highest BCUT2D eigenvalue weighted by atomic mass is 16.5. The summed E-state index contributed by atoms with van der Waals surface area (Å²) >= 11 is 0. The van der Waals surface area contributed by atoms with Crippen LogP contribution in [0, 0.1) is 0 Å². The van der Waals surface area contributed by atoms with Crippen LogP contribution in [0.2, 0.25) is 0 Å². The van der Waals surface area contributed by atoms with Gasteiger partial charge < -0.3 is 20.1 Å². The second kappa shape index (κ2) is 7.65. The highest BCUT2D eigenvalue weighted by Gasteiger charge is 2.33. The fourth-order valence-electron chi connectivity index (χ4n) is 4.56. The molecule has 1 aromatic rings. The van der Waals surface area contributed by atoms with Crippen molar-refractivity contribution in [1.82, 2.24) is 4.90 Å². The maximum atomic E-state index is 6.26. The van der Waals surface area contributed by atoms with Crippen LogP contribution in [-0.4, -0.2) is 49.9 Å². The molecule has 0 unspecified atom stereocenters. The number of nitrogens with zero attached hydrogens (tertiary/aromatic N) is 1. The van der Waals surface area contributed by atoms with Crippen LogP contribution in [0.4, 0.5) is 0 Å². The third kappa shape index (κ3) is 3.71. The number of hydrogen-bond acceptors (Lipinski definition) is 4. The number of hydrogen-bond donors (Lipinski definition) is 1. The molecule has 2 saturated heterocycles. The maximum Gasteiger partial charge on any atom is 0.119 e. The fourth-order valence-corrected chi connectivity index (χ4v) is 4.56. The Morgan fingerprint density at radius 3 is 2.28 bits per heavy atom. The highest BCUT2D eigenvalue weighted by molar-refractivity contribution is 5.33. The van der Waals surface area contributed by atoms with E-state index in [4.69, 9.17) is 15.2 Å².